The van der Waals surface area contributed by atoms with Gasteiger partial charge in [-0.05, 0) is 38.1 Å². The zero-order valence-electron chi connectivity index (χ0n) is 15.9. The van der Waals surface area contributed by atoms with Crippen molar-refractivity contribution in [3.8, 4) is 28.2 Å². The SMILES string of the molecule is CC[n+]1ccc(-c2ccc(-c3cc[n+](CC)cc3)n2-c2ccccc2)cc1. The van der Waals surface area contributed by atoms with Gasteiger partial charge < -0.3 is 4.57 Å². The Hall–Kier alpha value is -3.20. The first-order chi connectivity index (χ1) is 13.3. The number of nitrogens with zero attached hydrogens (tertiary/aromatic N) is 3. The number of hydrogen-bond donors (Lipinski definition) is 0. The summed E-state index contributed by atoms with van der Waals surface area (Å²) in [5.41, 5.74) is 6.01. The van der Waals surface area contributed by atoms with Crippen LogP contribution in [0.3, 0.4) is 0 Å². The molecule has 0 aliphatic carbocycles. The van der Waals surface area contributed by atoms with Gasteiger partial charge in [0.05, 0.1) is 11.4 Å². The molecule has 0 saturated carbocycles. The minimum absolute atomic E-state index is 0.979. The Bertz CT molecular complexity index is 949. The molecule has 3 aromatic heterocycles. The van der Waals surface area contributed by atoms with Gasteiger partial charge in [-0.15, -0.1) is 0 Å². The average Bonchev–Trinajstić information content (AvgIpc) is 3.19. The van der Waals surface area contributed by atoms with Gasteiger partial charge in [0.2, 0.25) is 0 Å². The molecule has 3 nitrogen and oxygen atoms in total. The van der Waals surface area contributed by atoms with Gasteiger partial charge in [0.15, 0.2) is 24.8 Å². The molecule has 0 bridgehead atoms. The highest BCUT2D eigenvalue weighted by molar-refractivity contribution is 5.72. The Morgan fingerprint density at radius 1 is 0.593 bits per heavy atom. The molecule has 0 aliphatic heterocycles. The topological polar surface area (TPSA) is 12.7 Å². The van der Waals surface area contributed by atoms with E-state index in [-0.39, 0.29) is 0 Å². The molecule has 0 fully saturated rings. The lowest BCUT2D eigenvalue weighted by atomic mass is 10.2. The van der Waals surface area contributed by atoms with Crippen molar-refractivity contribution in [2.45, 2.75) is 26.9 Å². The number of para-hydroxylation sites is 1. The first kappa shape index (κ1) is 17.2. The van der Waals surface area contributed by atoms with Gasteiger partial charge in [-0.1, -0.05) is 18.2 Å². The summed E-state index contributed by atoms with van der Waals surface area (Å²) < 4.78 is 6.71. The van der Waals surface area contributed by atoms with Gasteiger partial charge >= 0.3 is 0 Å². The Balaban J connectivity index is 1.87. The standard InChI is InChI=1S/C24H25N3/c1-3-25-16-12-20(13-17-25)23-10-11-24(21-14-18-26(4-2)19-15-21)27(23)22-8-6-5-7-9-22/h5-19H,3-4H2,1-2H3/q+2. The van der Waals surface area contributed by atoms with Crippen LogP contribution in [0.15, 0.2) is 91.5 Å². The molecular weight excluding hydrogens is 330 g/mol. The van der Waals surface area contributed by atoms with Crippen molar-refractivity contribution in [3.05, 3.63) is 91.5 Å². The first-order valence-electron chi connectivity index (χ1n) is 9.56. The van der Waals surface area contributed by atoms with Crippen LogP contribution in [0, 0.1) is 0 Å². The molecule has 3 heterocycles. The highest BCUT2D eigenvalue weighted by Gasteiger charge is 2.15. The van der Waals surface area contributed by atoms with E-state index in [1.165, 1.54) is 28.2 Å². The zero-order chi connectivity index (χ0) is 18.6. The van der Waals surface area contributed by atoms with E-state index in [9.17, 15) is 0 Å². The fraction of sp³-hybridized carbons (Fsp3) is 0.167. The largest absolute Gasteiger partial charge is 0.309 e. The van der Waals surface area contributed by atoms with Crippen LogP contribution in [0.4, 0.5) is 0 Å². The highest BCUT2D eigenvalue weighted by Crippen LogP contribution is 2.31. The van der Waals surface area contributed by atoms with Gasteiger partial charge in [-0.25, -0.2) is 9.13 Å². The lowest BCUT2D eigenvalue weighted by Crippen LogP contribution is -2.30. The van der Waals surface area contributed by atoms with Crippen molar-refractivity contribution in [2.24, 2.45) is 0 Å². The molecule has 4 aromatic rings. The molecule has 0 radical (unpaired) electrons. The molecule has 0 atom stereocenters. The van der Waals surface area contributed by atoms with Crippen LogP contribution in [0.5, 0.6) is 0 Å². The third kappa shape index (κ3) is 3.41. The highest BCUT2D eigenvalue weighted by atomic mass is 15.0. The van der Waals surface area contributed by atoms with Crippen LogP contribution in [0.1, 0.15) is 13.8 Å². The molecule has 0 spiro atoms. The summed E-state index contributed by atoms with van der Waals surface area (Å²) in [5, 5.41) is 0. The smallest absolute Gasteiger partial charge is 0.169 e. The van der Waals surface area contributed by atoms with Crippen LogP contribution < -0.4 is 9.13 Å². The van der Waals surface area contributed by atoms with Crippen molar-refractivity contribution in [1.82, 2.24) is 4.57 Å². The van der Waals surface area contributed by atoms with Crippen molar-refractivity contribution < 1.29 is 9.13 Å². The molecule has 27 heavy (non-hydrogen) atoms. The maximum Gasteiger partial charge on any atom is 0.169 e. The number of aryl methyl sites for hydroxylation is 2. The monoisotopic (exact) mass is 355 g/mol. The quantitative estimate of drug-likeness (QED) is 0.470. The first-order valence-corrected chi connectivity index (χ1v) is 9.56. The third-order valence-electron chi connectivity index (χ3n) is 5.00. The van der Waals surface area contributed by atoms with E-state index < -0.39 is 0 Å². The second kappa shape index (κ2) is 7.58. The van der Waals surface area contributed by atoms with Crippen molar-refractivity contribution >= 4 is 0 Å². The summed E-state index contributed by atoms with van der Waals surface area (Å²) in [5.74, 6) is 0. The predicted octanol–water partition coefficient (Wildman–Crippen LogP) is 4.43. The molecule has 0 amide bonds. The van der Waals surface area contributed by atoms with Crippen LogP contribution in [0.2, 0.25) is 0 Å². The number of hydrogen-bond acceptors (Lipinski definition) is 0. The van der Waals surface area contributed by atoms with Gasteiger partial charge in [-0.2, -0.15) is 0 Å². The van der Waals surface area contributed by atoms with Crippen LogP contribution in [0.25, 0.3) is 28.2 Å². The molecule has 3 heteroatoms. The predicted molar refractivity (Wildman–Crippen MR) is 108 cm³/mol. The molecule has 134 valence electrons. The van der Waals surface area contributed by atoms with Crippen LogP contribution in [-0.4, -0.2) is 4.57 Å². The molecule has 0 saturated heterocycles. The van der Waals surface area contributed by atoms with Crippen molar-refractivity contribution in [3.63, 3.8) is 0 Å². The maximum absolute atomic E-state index is 2.34. The van der Waals surface area contributed by atoms with E-state index in [2.05, 4.69) is 119 Å². The van der Waals surface area contributed by atoms with E-state index in [1.54, 1.807) is 0 Å². The molecule has 0 aliphatic rings. The Morgan fingerprint density at radius 2 is 1.04 bits per heavy atom. The van der Waals surface area contributed by atoms with Gasteiger partial charge in [0, 0.05) is 41.1 Å². The fourth-order valence-electron chi connectivity index (χ4n) is 3.42. The Morgan fingerprint density at radius 3 is 1.44 bits per heavy atom. The number of aromatic nitrogens is 3. The lowest BCUT2D eigenvalue weighted by molar-refractivity contribution is -0.693. The van der Waals surface area contributed by atoms with Crippen molar-refractivity contribution in [2.75, 3.05) is 0 Å². The van der Waals surface area contributed by atoms with Crippen LogP contribution in [-0.2, 0) is 13.1 Å². The average molecular weight is 355 g/mol. The van der Waals surface area contributed by atoms with Gasteiger partial charge in [0.25, 0.3) is 0 Å². The molecule has 0 N–H and O–H groups in total. The summed E-state index contributed by atoms with van der Waals surface area (Å²) in [7, 11) is 0. The second-order valence-corrected chi connectivity index (χ2v) is 6.61. The summed E-state index contributed by atoms with van der Waals surface area (Å²) in [6.45, 7) is 6.27. The molecular formula is C24H25N3+2. The zero-order valence-corrected chi connectivity index (χ0v) is 15.9. The van der Waals surface area contributed by atoms with Gasteiger partial charge in [0.1, 0.15) is 13.1 Å². The second-order valence-electron chi connectivity index (χ2n) is 6.61. The third-order valence-corrected chi connectivity index (χ3v) is 5.00. The fourth-order valence-corrected chi connectivity index (χ4v) is 3.42. The van der Waals surface area contributed by atoms with E-state index in [0.717, 1.165) is 13.1 Å². The number of rotatable bonds is 5. The number of benzene rings is 1. The summed E-state index contributed by atoms with van der Waals surface area (Å²) >= 11 is 0. The Kier molecular flexibility index (Phi) is 4.84. The summed E-state index contributed by atoms with van der Waals surface area (Å²) in [6, 6.07) is 23.8. The molecule has 1 aromatic carbocycles. The molecule has 4 rings (SSSR count). The minimum Gasteiger partial charge on any atom is -0.309 e. The van der Waals surface area contributed by atoms with E-state index in [4.69, 9.17) is 0 Å². The number of pyridine rings is 2. The van der Waals surface area contributed by atoms with E-state index >= 15 is 0 Å². The van der Waals surface area contributed by atoms with Crippen LogP contribution >= 0.6 is 0 Å². The van der Waals surface area contributed by atoms with Gasteiger partial charge in [-0.3, -0.25) is 0 Å². The lowest BCUT2D eigenvalue weighted by Gasteiger charge is -2.14. The normalized spacial score (nSPS) is 10.9. The van der Waals surface area contributed by atoms with E-state index in [1.807, 2.05) is 0 Å². The van der Waals surface area contributed by atoms with Crippen molar-refractivity contribution in [1.29, 1.82) is 0 Å². The van der Waals surface area contributed by atoms with E-state index in [0.29, 0.717) is 0 Å². The summed E-state index contributed by atoms with van der Waals surface area (Å²) in [4.78, 5) is 0. The Labute approximate surface area is 160 Å². The summed E-state index contributed by atoms with van der Waals surface area (Å²) in [6.07, 6.45) is 8.57. The maximum atomic E-state index is 2.34. The minimum atomic E-state index is 0.979. The molecule has 0 unspecified atom stereocenters.